The van der Waals surface area contributed by atoms with Gasteiger partial charge in [-0.05, 0) is 35.9 Å². The third-order valence-corrected chi connectivity index (χ3v) is 3.57. The van der Waals surface area contributed by atoms with E-state index in [-0.39, 0.29) is 35.5 Å². The van der Waals surface area contributed by atoms with E-state index in [1.165, 1.54) is 17.5 Å². The fourth-order valence-electron chi connectivity index (χ4n) is 2.35. The SMILES string of the molecule is C[n+]1c(/C=C/c2ccc(O)c(O)c2)ccc2ccccc21.[I-]. The normalized spacial score (nSPS) is 10.8. The molecular weight excluding hydrogens is 389 g/mol. The summed E-state index contributed by atoms with van der Waals surface area (Å²) in [5, 5.41) is 20.0. The van der Waals surface area contributed by atoms with Crippen LogP contribution in [0.1, 0.15) is 11.3 Å². The first-order valence-electron chi connectivity index (χ1n) is 6.73. The molecule has 0 bridgehead atoms. The van der Waals surface area contributed by atoms with Crippen molar-refractivity contribution >= 4 is 23.1 Å². The van der Waals surface area contributed by atoms with E-state index >= 15 is 0 Å². The lowest BCUT2D eigenvalue weighted by Gasteiger charge is -2.00. The molecule has 2 aromatic carbocycles. The maximum Gasteiger partial charge on any atom is 0.212 e. The van der Waals surface area contributed by atoms with Crippen LogP contribution in [-0.2, 0) is 7.05 Å². The first-order valence-corrected chi connectivity index (χ1v) is 6.73. The zero-order valence-electron chi connectivity index (χ0n) is 12.1. The Balaban J connectivity index is 0.00000176. The molecule has 0 spiro atoms. The summed E-state index contributed by atoms with van der Waals surface area (Å²) in [6.45, 7) is 0. The van der Waals surface area contributed by atoms with Crippen LogP contribution in [0, 0.1) is 0 Å². The molecule has 0 aliphatic heterocycles. The molecule has 22 heavy (non-hydrogen) atoms. The van der Waals surface area contributed by atoms with E-state index in [0.717, 1.165) is 16.8 Å². The lowest BCUT2D eigenvalue weighted by Crippen LogP contribution is -3.00. The van der Waals surface area contributed by atoms with E-state index in [1.807, 2.05) is 31.3 Å². The Hall–Kier alpha value is -2.08. The lowest BCUT2D eigenvalue weighted by molar-refractivity contribution is -0.646. The molecule has 3 aromatic rings. The van der Waals surface area contributed by atoms with E-state index in [4.69, 9.17) is 0 Å². The molecule has 0 saturated heterocycles. The highest BCUT2D eigenvalue weighted by atomic mass is 127. The number of para-hydroxylation sites is 1. The van der Waals surface area contributed by atoms with Crippen LogP contribution in [0.25, 0.3) is 23.1 Å². The molecule has 3 nitrogen and oxygen atoms in total. The number of nitrogens with zero attached hydrogens (tertiary/aromatic N) is 1. The summed E-state index contributed by atoms with van der Waals surface area (Å²) in [5.74, 6) is -0.219. The zero-order chi connectivity index (χ0) is 14.8. The molecule has 4 heteroatoms. The van der Waals surface area contributed by atoms with Gasteiger partial charge in [-0.25, -0.2) is 0 Å². The fourth-order valence-corrected chi connectivity index (χ4v) is 2.35. The Labute approximate surface area is 146 Å². The second-order valence-electron chi connectivity index (χ2n) is 4.96. The van der Waals surface area contributed by atoms with E-state index < -0.39 is 0 Å². The minimum Gasteiger partial charge on any atom is -1.00 e. The van der Waals surface area contributed by atoms with Gasteiger partial charge in [-0.3, -0.25) is 0 Å². The van der Waals surface area contributed by atoms with Gasteiger partial charge in [0.25, 0.3) is 0 Å². The molecule has 0 radical (unpaired) electrons. The molecule has 0 amide bonds. The number of aromatic nitrogens is 1. The maximum atomic E-state index is 9.50. The van der Waals surface area contributed by atoms with Gasteiger partial charge in [0, 0.05) is 23.6 Å². The number of halogens is 1. The number of hydrogen-bond donors (Lipinski definition) is 2. The van der Waals surface area contributed by atoms with Crippen molar-refractivity contribution in [3.05, 3.63) is 65.9 Å². The molecule has 0 saturated carbocycles. The molecule has 0 aliphatic carbocycles. The molecule has 0 atom stereocenters. The number of fused-ring (bicyclic) bond motifs is 1. The second kappa shape index (κ2) is 6.79. The highest BCUT2D eigenvalue weighted by Crippen LogP contribution is 2.25. The summed E-state index contributed by atoms with van der Waals surface area (Å²) in [4.78, 5) is 0. The highest BCUT2D eigenvalue weighted by Gasteiger charge is 2.08. The van der Waals surface area contributed by atoms with Gasteiger partial charge in [-0.1, -0.05) is 18.2 Å². The largest absolute Gasteiger partial charge is 1.00 e. The lowest BCUT2D eigenvalue weighted by atomic mass is 10.1. The summed E-state index contributed by atoms with van der Waals surface area (Å²) in [5.41, 5.74) is 3.05. The zero-order valence-corrected chi connectivity index (χ0v) is 14.2. The van der Waals surface area contributed by atoms with Crippen LogP contribution in [0.3, 0.4) is 0 Å². The van der Waals surface area contributed by atoms with E-state index in [0.29, 0.717) is 0 Å². The Bertz CT molecular complexity index is 844. The number of aromatic hydroxyl groups is 2. The predicted octanol–water partition coefficient (Wildman–Crippen LogP) is 0.250. The Morgan fingerprint density at radius 1 is 0.864 bits per heavy atom. The van der Waals surface area contributed by atoms with Gasteiger partial charge in [-0.15, -0.1) is 0 Å². The van der Waals surface area contributed by atoms with Crippen molar-refractivity contribution in [1.82, 2.24) is 0 Å². The number of phenols is 2. The van der Waals surface area contributed by atoms with Crippen LogP contribution in [0.4, 0.5) is 0 Å². The molecular formula is C18H16INO2. The van der Waals surface area contributed by atoms with Crippen LogP contribution in [0.5, 0.6) is 11.5 Å². The molecule has 1 heterocycles. The minimum atomic E-state index is -0.111. The Morgan fingerprint density at radius 3 is 2.41 bits per heavy atom. The van der Waals surface area contributed by atoms with Crippen molar-refractivity contribution in [1.29, 1.82) is 0 Å². The standard InChI is InChI=1S/C18H15NO2.HI/c1-19-15(10-8-14-4-2-3-5-16(14)19)9-6-13-7-11-17(20)18(21)12-13;/h2-12,21H,1H3;1H. The number of aryl methyl sites for hydroxylation is 1. The van der Waals surface area contributed by atoms with Crippen LogP contribution in [0.15, 0.2) is 54.6 Å². The van der Waals surface area contributed by atoms with Gasteiger partial charge in [0.05, 0.1) is 0 Å². The van der Waals surface area contributed by atoms with Gasteiger partial charge in [0.2, 0.25) is 11.2 Å². The number of pyridine rings is 1. The van der Waals surface area contributed by atoms with Crippen molar-refractivity contribution in [3.8, 4) is 11.5 Å². The summed E-state index contributed by atoms with van der Waals surface area (Å²) < 4.78 is 2.12. The molecule has 3 rings (SSSR count). The number of phenolic OH excluding ortho intramolecular Hbond substituents is 2. The van der Waals surface area contributed by atoms with E-state index in [2.05, 4.69) is 28.8 Å². The van der Waals surface area contributed by atoms with Gasteiger partial charge < -0.3 is 34.2 Å². The molecule has 1 aromatic heterocycles. The Morgan fingerprint density at radius 2 is 1.64 bits per heavy atom. The highest BCUT2D eigenvalue weighted by molar-refractivity contribution is 5.77. The van der Waals surface area contributed by atoms with Crippen molar-refractivity contribution in [2.24, 2.45) is 7.05 Å². The predicted molar refractivity (Wildman–Crippen MR) is 83.8 cm³/mol. The molecule has 2 N–H and O–H groups in total. The molecule has 0 aliphatic rings. The first kappa shape index (κ1) is 16.3. The van der Waals surface area contributed by atoms with Gasteiger partial charge >= 0.3 is 0 Å². The van der Waals surface area contributed by atoms with Crippen LogP contribution < -0.4 is 28.5 Å². The number of hydrogen-bond acceptors (Lipinski definition) is 2. The number of rotatable bonds is 2. The summed E-state index contributed by atoms with van der Waals surface area (Å²) in [7, 11) is 2.02. The molecule has 112 valence electrons. The van der Waals surface area contributed by atoms with Crippen molar-refractivity contribution < 1.29 is 38.8 Å². The monoisotopic (exact) mass is 405 g/mol. The Kier molecular flexibility index (Phi) is 5.03. The maximum absolute atomic E-state index is 9.50. The van der Waals surface area contributed by atoms with Crippen molar-refractivity contribution in [2.45, 2.75) is 0 Å². The minimum absolute atomic E-state index is 0. The molecule has 0 unspecified atom stereocenters. The van der Waals surface area contributed by atoms with E-state index in [9.17, 15) is 10.2 Å². The summed E-state index contributed by atoms with van der Waals surface area (Å²) in [6, 6.07) is 17.1. The smallest absolute Gasteiger partial charge is 0.212 e. The van der Waals surface area contributed by atoms with Crippen LogP contribution >= 0.6 is 0 Å². The topological polar surface area (TPSA) is 44.3 Å². The quantitative estimate of drug-likeness (QED) is 0.365. The van der Waals surface area contributed by atoms with Gasteiger partial charge in [0.1, 0.15) is 7.05 Å². The molecule has 0 fully saturated rings. The van der Waals surface area contributed by atoms with Gasteiger partial charge in [0.15, 0.2) is 11.5 Å². The van der Waals surface area contributed by atoms with Crippen LogP contribution in [-0.4, -0.2) is 10.2 Å². The average molecular weight is 405 g/mol. The number of benzene rings is 2. The fraction of sp³-hybridized carbons (Fsp3) is 0.0556. The van der Waals surface area contributed by atoms with Crippen molar-refractivity contribution in [2.75, 3.05) is 0 Å². The third-order valence-electron chi connectivity index (χ3n) is 3.57. The first-order chi connectivity index (χ1) is 10.1. The van der Waals surface area contributed by atoms with Crippen molar-refractivity contribution in [3.63, 3.8) is 0 Å². The van der Waals surface area contributed by atoms with Crippen LogP contribution in [0.2, 0.25) is 0 Å². The third kappa shape index (κ3) is 3.22. The van der Waals surface area contributed by atoms with E-state index in [1.54, 1.807) is 6.07 Å². The van der Waals surface area contributed by atoms with Gasteiger partial charge in [-0.2, -0.15) is 4.57 Å². The second-order valence-corrected chi connectivity index (χ2v) is 4.96. The summed E-state index contributed by atoms with van der Waals surface area (Å²) in [6.07, 6.45) is 3.89. The average Bonchev–Trinajstić information content (AvgIpc) is 2.50. The summed E-state index contributed by atoms with van der Waals surface area (Å²) >= 11 is 0.